The van der Waals surface area contributed by atoms with Gasteiger partial charge >= 0.3 is 0 Å². The van der Waals surface area contributed by atoms with Gasteiger partial charge in [-0.3, -0.25) is 4.79 Å². The Labute approximate surface area is 139 Å². The molecular weight excluding hydrogens is 318 g/mol. The lowest BCUT2D eigenvalue weighted by molar-refractivity contribution is -0.123. The summed E-state index contributed by atoms with van der Waals surface area (Å²) in [6.45, 7) is 3.43. The second kappa shape index (κ2) is 7.57. The number of aromatic nitrogens is 2. The number of carbonyl (C=O) groups is 1. The number of hydrogen-bond acceptors (Lipinski definition) is 5. The molecule has 7 heteroatoms. The first kappa shape index (κ1) is 17.4. The number of rotatable bonds is 7. The Kier molecular flexibility index (Phi) is 5.74. The monoisotopic (exact) mass is 337 g/mol. The van der Waals surface area contributed by atoms with Crippen molar-refractivity contribution < 1.29 is 14.4 Å². The van der Waals surface area contributed by atoms with E-state index >= 15 is 0 Å². The Morgan fingerprint density at radius 2 is 2.04 bits per heavy atom. The van der Waals surface area contributed by atoms with Gasteiger partial charge in [0.1, 0.15) is 0 Å². The maximum Gasteiger partial charge on any atom is 0.226 e. The van der Waals surface area contributed by atoms with Gasteiger partial charge in [0, 0.05) is 23.4 Å². The molecule has 0 aliphatic heterocycles. The van der Waals surface area contributed by atoms with Crippen molar-refractivity contribution in [2.45, 2.75) is 38.6 Å². The summed E-state index contributed by atoms with van der Waals surface area (Å²) in [4.78, 5) is 16.1. The number of benzene rings is 1. The standard InChI is InChI=1S/C16H20ClN3O3/c1-16(2,10-21)19-13(22)4-3-5-14-18-15(20-23-14)11-6-8-12(17)9-7-11/h6-9,21H,3-5,10H2,1-2H3,(H,19,22). The van der Waals surface area contributed by atoms with Gasteiger partial charge in [0.05, 0.1) is 12.1 Å². The van der Waals surface area contributed by atoms with Crippen molar-refractivity contribution in [2.75, 3.05) is 6.61 Å². The van der Waals surface area contributed by atoms with E-state index in [-0.39, 0.29) is 12.5 Å². The molecular formula is C16H20ClN3O3. The average Bonchev–Trinajstić information content (AvgIpc) is 2.96. The molecule has 2 aromatic rings. The minimum atomic E-state index is -0.608. The molecule has 23 heavy (non-hydrogen) atoms. The first-order chi connectivity index (χ1) is 10.9. The lowest BCUT2D eigenvalue weighted by atomic mass is 10.1. The molecule has 0 atom stereocenters. The van der Waals surface area contributed by atoms with Crippen LogP contribution in [0.2, 0.25) is 5.02 Å². The second-order valence-corrected chi connectivity index (χ2v) is 6.40. The highest BCUT2D eigenvalue weighted by molar-refractivity contribution is 6.30. The van der Waals surface area contributed by atoms with E-state index in [9.17, 15) is 4.79 Å². The van der Waals surface area contributed by atoms with Crippen molar-refractivity contribution in [1.29, 1.82) is 0 Å². The summed E-state index contributed by atoms with van der Waals surface area (Å²) in [6.07, 6.45) is 1.45. The molecule has 1 aromatic carbocycles. The van der Waals surface area contributed by atoms with Gasteiger partial charge in [-0.15, -0.1) is 0 Å². The highest BCUT2D eigenvalue weighted by Crippen LogP contribution is 2.19. The molecule has 124 valence electrons. The zero-order chi connectivity index (χ0) is 16.9. The Bertz CT molecular complexity index is 653. The van der Waals surface area contributed by atoms with E-state index in [1.807, 2.05) is 12.1 Å². The zero-order valence-corrected chi connectivity index (χ0v) is 13.9. The van der Waals surface area contributed by atoms with Gasteiger partial charge in [0.2, 0.25) is 17.6 Å². The molecule has 0 aliphatic rings. The summed E-state index contributed by atoms with van der Waals surface area (Å²) in [7, 11) is 0. The van der Waals surface area contributed by atoms with Crippen LogP contribution in [-0.2, 0) is 11.2 Å². The van der Waals surface area contributed by atoms with Crippen molar-refractivity contribution in [1.82, 2.24) is 15.5 Å². The van der Waals surface area contributed by atoms with Crippen molar-refractivity contribution in [2.24, 2.45) is 0 Å². The van der Waals surface area contributed by atoms with Gasteiger partial charge in [-0.2, -0.15) is 4.98 Å². The number of amides is 1. The number of nitrogens with one attached hydrogen (secondary N) is 1. The van der Waals surface area contributed by atoms with Crippen LogP contribution in [0.25, 0.3) is 11.4 Å². The summed E-state index contributed by atoms with van der Waals surface area (Å²) in [5.41, 5.74) is 0.218. The zero-order valence-electron chi connectivity index (χ0n) is 13.2. The Balaban J connectivity index is 1.83. The Hall–Kier alpha value is -1.92. The third-order valence-electron chi connectivity index (χ3n) is 3.24. The van der Waals surface area contributed by atoms with Crippen LogP contribution in [0.3, 0.4) is 0 Å². The van der Waals surface area contributed by atoms with Gasteiger partial charge in [0.15, 0.2) is 0 Å². The molecule has 6 nitrogen and oxygen atoms in total. The fraction of sp³-hybridized carbons (Fsp3) is 0.438. The van der Waals surface area contributed by atoms with Gasteiger partial charge in [-0.05, 0) is 44.5 Å². The topological polar surface area (TPSA) is 88.2 Å². The summed E-state index contributed by atoms with van der Waals surface area (Å²) in [5, 5.41) is 16.4. The van der Waals surface area contributed by atoms with E-state index in [1.54, 1.807) is 26.0 Å². The van der Waals surface area contributed by atoms with E-state index in [0.717, 1.165) is 5.56 Å². The number of aliphatic hydroxyl groups excluding tert-OH is 1. The van der Waals surface area contributed by atoms with Crippen molar-refractivity contribution >= 4 is 17.5 Å². The minimum Gasteiger partial charge on any atom is -0.394 e. The predicted molar refractivity (Wildman–Crippen MR) is 87.0 cm³/mol. The number of carbonyl (C=O) groups excluding carboxylic acids is 1. The van der Waals surface area contributed by atoms with Crippen molar-refractivity contribution in [3.63, 3.8) is 0 Å². The van der Waals surface area contributed by atoms with Crippen LogP contribution in [0.15, 0.2) is 28.8 Å². The summed E-state index contributed by atoms with van der Waals surface area (Å²) in [6, 6.07) is 7.17. The van der Waals surface area contributed by atoms with Crippen LogP contribution >= 0.6 is 11.6 Å². The maximum atomic E-state index is 11.8. The fourth-order valence-corrected chi connectivity index (χ4v) is 2.08. The van der Waals surface area contributed by atoms with Gasteiger partial charge in [0.25, 0.3) is 0 Å². The lowest BCUT2D eigenvalue weighted by Gasteiger charge is -2.23. The first-order valence-corrected chi connectivity index (χ1v) is 7.78. The molecule has 0 aliphatic carbocycles. The molecule has 0 fully saturated rings. The SMILES string of the molecule is CC(C)(CO)NC(=O)CCCc1nc(-c2ccc(Cl)cc2)no1. The molecule has 1 amide bonds. The Morgan fingerprint density at radius 1 is 1.35 bits per heavy atom. The lowest BCUT2D eigenvalue weighted by Crippen LogP contribution is -2.46. The number of halogens is 1. The van der Waals surface area contributed by atoms with Gasteiger partial charge in [-0.25, -0.2) is 0 Å². The normalized spacial score (nSPS) is 11.5. The van der Waals surface area contributed by atoms with Crippen LogP contribution in [0.4, 0.5) is 0 Å². The van der Waals surface area contributed by atoms with E-state index < -0.39 is 5.54 Å². The Morgan fingerprint density at radius 3 is 2.70 bits per heavy atom. The predicted octanol–water partition coefficient (Wildman–Crippen LogP) is 2.60. The van der Waals surface area contributed by atoms with Crippen molar-refractivity contribution in [3.8, 4) is 11.4 Å². The number of aryl methyl sites for hydroxylation is 1. The van der Waals surface area contributed by atoms with Crippen LogP contribution in [-0.4, -0.2) is 33.3 Å². The number of aliphatic hydroxyl groups is 1. The molecule has 1 aromatic heterocycles. The molecule has 0 saturated heterocycles. The third kappa shape index (κ3) is 5.33. The highest BCUT2D eigenvalue weighted by Gasteiger charge is 2.18. The van der Waals surface area contributed by atoms with Crippen LogP contribution in [0, 0.1) is 0 Å². The van der Waals surface area contributed by atoms with Gasteiger partial charge in [-0.1, -0.05) is 16.8 Å². The first-order valence-electron chi connectivity index (χ1n) is 7.40. The molecule has 2 rings (SSSR count). The average molecular weight is 338 g/mol. The molecule has 0 spiro atoms. The van der Waals surface area contributed by atoms with Crippen LogP contribution in [0.5, 0.6) is 0 Å². The summed E-state index contributed by atoms with van der Waals surface area (Å²) < 4.78 is 5.19. The van der Waals surface area contributed by atoms with E-state index in [2.05, 4.69) is 15.5 Å². The maximum absolute atomic E-state index is 11.8. The summed E-state index contributed by atoms with van der Waals surface area (Å²) >= 11 is 5.84. The molecule has 0 radical (unpaired) electrons. The van der Waals surface area contributed by atoms with E-state index in [4.69, 9.17) is 21.2 Å². The summed E-state index contributed by atoms with van der Waals surface area (Å²) in [5.74, 6) is 0.883. The quantitative estimate of drug-likeness (QED) is 0.810. The molecule has 2 N–H and O–H groups in total. The second-order valence-electron chi connectivity index (χ2n) is 5.96. The van der Waals surface area contributed by atoms with Gasteiger partial charge < -0.3 is 14.9 Å². The minimum absolute atomic E-state index is 0.104. The highest BCUT2D eigenvalue weighted by atomic mass is 35.5. The molecule has 1 heterocycles. The molecule has 0 bridgehead atoms. The largest absolute Gasteiger partial charge is 0.394 e. The molecule has 0 saturated carbocycles. The number of hydrogen-bond donors (Lipinski definition) is 2. The van der Waals surface area contributed by atoms with E-state index in [0.29, 0.717) is 36.0 Å². The van der Waals surface area contributed by atoms with Crippen LogP contribution in [0.1, 0.15) is 32.6 Å². The fourth-order valence-electron chi connectivity index (χ4n) is 1.95. The van der Waals surface area contributed by atoms with E-state index in [1.165, 1.54) is 0 Å². The third-order valence-corrected chi connectivity index (χ3v) is 3.49. The smallest absolute Gasteiger partial charge is 0.226 e. The van der Waals surface area contributed by atoms with Crippen molar-refractivity contribution in [3.05, 3.63) is 35.2 Å². The number of nitrogens with zero attached hydrogens (tertiary/aromatic N) is 2. The van der Waals surface area contributed by atoms with Crippen LogP contribution < -0.4 is 5.32 Å². The molecule has 0 unspecified atom stereocenters.